The summed E-state index contributed by atoms with van der Waals surface area (Å²) in [5.41, 5.74) is 3.02. The Labute approximate surface area is 158 Å². The van der Waals surface area contributed by atoms with E-state index in [1.54, 1.807) is 24.3 Å². The molecule has 0 aromatic heterocycles. The Morgan fingerprint density at radius 1 is 0.741 bits per heavy atom. The lowest BCUT2D eigenvalue weighted by atomic mass is 10.0. The lowest BCUT2D eigenvalue weighted by Crippen LogP contribution is -2.35. The molecule has 3 rings (SSSR count). The highest BCUT2D eigenvalue weighted by Gasteiger charge is 2.56. The second-order valence-corrected chi connectivity index (χ2v) is 7.13. The van der Waals surface area contributed by atoms with E-state index in [-0.39, 0.29) is 17.7 Å². The van der Waals surface area contributed by atoms with Crippen LogP contribution in [0.3, 0.4) is 0 Å². The maximum Gasteiger partial charge on any atom is 0.240 e. The van der Waals surface area contributed by atoms with Crippen LogP contribution in [0.25, 0.3) is 0 Å². The number of aryl methyl sites for hydroxylation is 2. The minimum Gasteiger partial charge on any atom is -0.326 e. The molecule has 0 bridgehead atoms. The molecule has 1 saturated carbocycles. The minimum atomic E-state index is -1.02. The summed E-state index contributed by atoms with van der Waals surface area (Å²) < 4.78 is 0. The van der Waals surface area contributed by atoms with E-state index in [1.165, 1.54) is 6.92 Å². The summed E-state index contributed by atoms with van der Waals surface area (Å²) in [6, 6.07) is 12.6. The van der Waals surface area contributed by atoms with Gasteiger partial charge in [0, 0.05) is 24.0 Å². The van der Waals surface area contributed by atoms with Gasteiger partial charge in [-0.05, 0) is 74.2 Å². The van der Waals surface area contributed by atoms with Crippen molar-refractivity contribution >= 4 is 34.8 Å². The SMILES string of the molecule is CC(=O)Nc1ccc(NC(=O)C2(C(=O)Nc3cc(C)cc(C)c3)CC2)cc1. The van der Waals surface area contributed by atoms with Crippen molar-refractivity contribution in [2.45, 2.75) is 33.6 Å². The van der Waals surface area contributed by atoms with Crippen LogP contribution >= 0.6 is 0 Å². The molecule has 0 unspecified atom stereocenters. The van der Waals surface area contributed by atoms with Gasteiger partial charge in [-0.3, -0.25) is 14.4 Å². The number of carbonyl (C=O) groups is 3. The van der Waals surface area contributed by atoms with E-state index in [0.29, 0.717) is 29.9 Å². The van der Waals surface area contributed by atoms with Gasteiger partial charge in [0.2, 0.25) is 17.7 Å². The highest BCUT2D eigenvalue weighted by Crippen LogP contribution is 2.47. The van der Waals surface area contributed by atoms with Crippen LogP contribution in [0.5, 0.6) is 0 Å². The summed E-state index contributed by atoms with van der Waals surface area (Å²) in [7, 11) is 0. The molecule has 3 N–H and O–H groups in total. The molecule has 2 aromatic rings. The Morgan fingerprint density at radius 2 is 1.19 bits per heavy atom. The van der Waals surface area contributed by atoms with Crippen molar-refractivity contribution in [3.05, 3.63) is 53.6 Å². The number of nitrogens with one attached hydrogen (secondary N) is 3. The van der Waals surface area contributed by atoms with Crippen LogP contribution in [0.4, 0.5) is 17.1 Å². The van der Waals surface area contributed by atoms with Crippen molar-refractivity contribution in [3.8, 4) is 0 Å². The second kappa shape index (κ2) is 7.23. The normalized spacial score (nSPS) is 14.2. The number of carbonyl (C=O) groups excluding carboxylic acids is 3. The first-order valence-corrected chi connectivity index (χ1v) is 8.87. The van der Waals surface area contributed by atoms with Crippen LogP contribution in [-0.4, -0.2) is 17.7 Å². The Bertz CT molecular complexity index is 879. The molecule has 0 saturated heterocycles. The molecule has 0 spiro atoms. The van der Waals surface area contributed by atoms with Gasteiger partial charge in [0.05, 0.1) is 0 Å². The van der Waals surface area contributed by atoms with Crippen LogP contribution in [-0.2, 0) is 14.4 Å². The third kappa shape index (κ3) is 4.34. The van der Waals surface area contributed by atoms with E-state index in [9.17, 15) is 14.4 Å². The van der Waals surface area contributed by atoms with Crippen molar-refractivity contribution in [1.29, 1.82) is 0 Å². The molecule has 0 heterocycles. The molecule has 1 fully saturated rings. The number of benzene rings is 2. The van der Waals surface area contributed by atoms with Gasteiger partial charge in [0.25, 0.3) is 0 Å². The summed E-state index contributed by atoms with van der Waals surface area (Å²) in [6.45, 7) is 5.36. The van der Waals surface area contributed by atoms with E-state index in [2.05, 4.69) is 16.0 Å². The lowest BCUT2D eigenvalue weighted by molar-refractivity contribution is -0.131. The standard InChI is InChI=1S/C21H23N3O3/c1-13-10-14(2)12-18(11-13)24-20(27)21(8-9-21)19(26)23-17-6-4-16(5-7-17)22-15(3)25/h4-7,10-12H,8-9H2,1-3H3,(H,22,25)(H,23,26)(H,24,27). The number of amides is 3. The Balaban J connectivity index is 1.66. The van der Waals surface area contributed by atoms with Crippen LogP contribution in [0.2, 0.25) is 0 Å². The molecule has 27 heavy (non-hydrogen) atoms. The second-order valence-electron chi connectivity index (χ2n) is 7.13. The summed E-state index contributed by atoms with van der Waals surface area (Å²) in [5, 5.41) is 8.35. The molecule has 140 valence electrons. The van der Waals surface area contributed by atoms with Gasteiger partial charge in [-0.2, -0.15) is 0 Å². The van der Waals surface area contributed by atoms with E-state index in [4.69, 9.17) is 0 Å². The molecule has 6 heteroatoms. The highest BCUT2D eigenvalue weighted by molar-refractivity contribution is 6.17. The smallest absolute Gasteiger partial charge is 0.240 e. The zero-order valence-electron chi connectivity index (χ0n) is 15.7. The van der Waals surface area contributed by atoms with Gasteiger partial charge in [-0.1, -0.05) is 6.07 Å². The van der Waals surface area contributed by atoms with E-state index in [0.717, 1.165) is 11.1 Å². The zero-order valence-corrected chi connectivity index (χ0v) is 15.7. The number of hydrogen-bond acceptors (Lipinski definition) is 3. The molecule has 0 aliphatic heterocycles. The Morgan fingerprint density at radius 3 is 1.63 bits per heavy atom. The number of hydrogen-bond donors (Lipinski definition) is 3. The molecular formula is C21H23N3O3. The fourth-order valence-corrected chi connectivity index (χ4v) is 3.07. The molecule has 0 atom stereocenters. The third-order valence-corrected chi connectivity index (χ3v) is 4.56. The molecule has 0 radical (unpaired) electrons. The first kappa shape index (κ1) is 18.6. The molecule has 1 aliphatic rings. The maximum absolute atomic E-state index is 12.7. The van der Waals surface area contributed by atoms with Gasteiger partial charge in [0.1, 0.15) is 5.41 Å². The fourth-order valence-electron chi connectivity index (χ4n) is 3.07. The maximum atomic E-state index is 12.7. The minimum absolute atomic E-state index is 0.160. The monoisotopic (exact) mass is 365 g/mol. The van der Waals surface area contributed by atoms with Gasteiger partial charge in [0.15, 0.2) is 0 Å². The largest absolute Gasteiger partial charge is 0.326 e. The van der Waals surface area contributed by atoms with Crippen molar-refractivity contribution < 1.29 is 14.4 Å². The topological polar surface area (TPSA) is 87.3 Å². The van der Waals surface area contributed by atoms with Gasteiger partial charge in [-0.25, -0.2) is 0 Å². The summed E-state index contributed by atoms with van der Waals surface area (Å²) in [5.74, 6) is -0.747. The molecule has 2 aromatic carbocycles. The first-order chi connectivity index (χ1) is 12.8. The summed E-state index contributed by atoms with van der Waals surface area (Å²) >= 11 is 0. The van der Waals surface area contributed by atoms with Crippen LogP contribution in [0, 0.1) is 19.3 Å². The molecule has 3 amide bonds. The Hall–Kier alpha value is -3.15. The van der Waals surface area contributed by atoms with Gasteiger partial charge in [-0.15, -0.1) is 0 Å². The van der Waals surface area contributed by atoms with Crippen molar-refractivity contribution in [2.75, 3.05) is 16.0 Å². The van der Waals surface area contributed by atoms with Gasteiger partial charge < -0.3 is 16.0 Å². The van der Waals surface area contributed by atoms with E-state index in [1.807, 2.05) is 32.0 Å². The molecule has 6 nitrogen and oxygen atoms in total. The highest BCUT2D eigenvalue weighted by atomic mass is 16.2. The van der Waals surface area contributed by atoms with Gasteiger partial charge >= 0.3 is 0 Å². The zero-order chi connectivity index (χ0) is 19.6. The lowest BCUT2D eigenvalue weighted by Gasteiger charge is -2.16. The number of anilines is 3. The summed E-state index contributed by atoms with van der Waals surface area (Å²) in [4.78, 5) is 36.4. The van der Waals surface area contributed by atoms with Crippen molar-refractivity contribution in [1.82, 2.24) is 0 Å². The summed E-state index contributed by atoms with van der Waals surface area (Å²) in [6.07, 6.45) is 1.05. The van der Waals surface area contributed by atoms with Crippen molar-refractivity contribution in [3.63, 3.8) is 0 Å². The van der Waals surface area contributed by atoms with Crippen LogP contribution < -0.4 is 16.0 Å². The quantitative estimate of drug-likeness (QED) is 0.707. The average Bonchev–Trinajstić information content (AvgIpc) is 3.37. The first-order valence-electron chi connectivity index (χ1n) is 8.87. The molecule has 1 aliphatic carbocycles. The Kier molecular flexibility index (Phi) is 4.99. The fraction of sp³-hybridized carbons (Fsp3) is 0.286. The van der Waals surface area contributed by atoms with Crippen LogP contribution in [0.15, 0.2) is 42.5 Å². The average molecular weight is 365 g/mol. The van der Waals surface area contributed by atoms with E-state index >= 15 is 0 Å². The predicted molar refractivity (Wildman–Crippen MR) is 106 cm³/mol. The molecular weight excluding hydrogens is 342 g/mol. The van der Waals surface area contributed by atoms with E-state index < -0.39 is 5.41 Å². The van der Waals surface area contributed by atoms with Crippen LogP contribution in [0.1, 0.15) is 30.9 Å². The third-order valence-electron chi connectivity index (χ3n) is 4.56. The number of rotatable bonds is 5. The van der Waals surface area contributed by atoms with Crippen molar-refractivity contribution in [2.24, 2.45) is 5.41 Å². The predicted octanol–water partition coefficient (Wildman–Crippen LogP) is 3.62.